The molecule has 0 saturated carbocycles. The smallest absolute Gasteiger partial charge is 0.372 e. The molecular weight excluding hydrogens is 303 g/mol. The quantitative estimate of drug-likeness (QED) is 0.624. The van der Waals surface area contributed by atoms with Crippen molar-refractivity contribution < 1.29 is 13.2 Å². The van der Waals surface area contributed by atoms with Crippen molar-refractivity contribution in [1.82, 2.24) is 0 Å². The molecule has 0 N–H and O–H groups in total. The lowest BCUT2D eigenvalue weighted by Gasteiger charge is -2.20. The minimum Gasteiger partial charge on any atom is -0.372 e. The molecule has 0 radical (unpaired) electrons. The fourth-order valence-corrected chi connectivity index (χ4v) is 2.15. The number of nitrogens with zero attached hydrogens (tertiary/aromatic N) is 3. The molecule has 3 nitrogen and oxygen atoms in total. The molecule has 0 atom stereocenters. The van der Waals surface area contributed by atoms with Gasteiger partial charge in [0.05, 0.1) is 16.9 Å². The molecule has 2 aromatic carbocycles. The van der Waals surface area contributed by atoms with Gasteiger partial charge in [-0.05, 0) is 62.4 Å². The highest BCUT2D eigenvalue weighted by Crippen LogP contribution is 2.30. The van der Waals surface area contributed by atoms with Crippen LogP contribution in [0.5, 0.6) is 0 Å². The van der Waals surface area contributed by atoms with E-state index in [4.69, 9.17) is 0 Å². The average Bonchev–Trinajstić information content (AvgIpc) is 2.55. The third kappa shape index (κ3) is 4.55. The number of azo groups is 1. The first kappa shape index (κ1) is 17.0. The summed E-state index contributed by atoms with van der Waals surface area (Å²) in [6, 6.07) is 12.2. The zero-order valence-electron chi connectivity index (χ0n) is 13.0. The van der Waals surface area contributed by atoms with E-state index in [-0.39, 0.29) is 0 Å². The van der Waals surface area contributed by atoms with Crippen LogP contribution in [0.2, 0.25) is 0 Å². The number of anilines is 1. The predicted molar refractivity (Wildman–Crippen MR) is 85.6 cm³/mol. The van der Waals surface area contributed by atoms with Crippen molar-refractivity contribution in [2.24, 2.45) is 10.2 Å². The minimum atomic E-state index is -4.34. The SMILES string of the molecule is CCN(CC)c1ccc(N=Nc2ccc(C(F)(F)F)cc2)cc1. The highest BCUT2D eigenvalue weighted by molar-refractivity contribution is 5.52. The van der Waals surface area contributed by atoms with E-state index in [2.05, 4.69) is 29.0 Å². The molecule has 0 saturated heterocycles. The molecule has 0 aliphatic heterocycles. The normalized spacial score (nSPS) is 11.9. The maximum Gasteiger partial charge on any atom is 0.416 e. The molecule has 0 amide bonds. The minimum absolute atomic E-state index is 0.380. The van der Waals surface area contributed by atoms with Crippen molar-refractivity contribution in [3.05, 3.63) is 54.1 Å². The van der Waals surface area contributed by atoms with Crippen LogP contribution in [0.3, 0.4) is 0 Å². The summed E-state index contributed by atoms with van der Waals surface area (Å²) in [6.07, 6.45) is -4.34. The van der Waals surface area contributed by atoms with Gasteiger partial charge in [-0.1, -0.05) is 0 Å². The first-order chi connectivity index (χ1) is 10.9. The van der Waals surface area contributed by atoms with Gasteiger partial charge in [-0.2, -0.15) is 23.4 Å². The molecule has 23 heavy (non-hydrogen) atoms. The fourth-order valence-electron chi connectivity index (χ4n) is 2.15. The predicted octanol–water partition coefficient (Wildman–Crippen LogP) is 5.97. The molecule has 0 aliphatic carbocycles. The standard InChI is InChI=1S/C17H18F3N3/c1-3-23(4-2)16-11-9-15(10-12-16)22-21-14-7-5-13(6-8-14)17(18,19)20/h5-12H,3-4H2,1-2H3. The maximum atomic E-state index is 12.5. The van der Waals surface area contributed by atoms with Gasteiger partial charge in [-0.15, -0.1) is 0 Å². The Bertz CT molecular complexity index is 642. The Hall–Kier alpha value is -2.37. The van der Waals surface area contributed by atoms with Crippen molar-refractivity contribution in [3.8, 4) is 0 Å². The molecular formula is C17H18F3N3. The zero-order chi connectivity index (χ0) is 16.9. The van der Waals surface area contributed by atoms with Crippen molar-refractivity contribution in [2.45, 2.75) is 20.0 Å². The van der Waals surface area contributed by atoms with E-state index in [9.17, 15) is 13.2 Å². The molecule has 2 rings (SSSR count). The van der Waals surface area contributed by atoms with Crippen LogP contribution in [0.1, 0.15) is 19.4 Å². The van der Waals surface area contributed by atoms with E-state index in [1.807, 2.05) is 24.3 Å². The lowest BCUT2D eigenvalue weighted by atomic mass is 10.2. The molecule has 0 bridgehead atoms. The monoisotopic (exact) mass is 321 g/mol. The Morgan fingerprint density at radius 1 is 0.783 bits per heavy atom. The third-order valence-corrected chi connectivity index (χ3v) is 3.45. The van der Waals surface area contributed by atoms with Gasteiger partial charge in [0.25, 0.3) is 0 Å². The fraction of sp³-hybridized carbons (Fsp3) is 0.294. The summed E-state index contributed by atoms with van der Waals surface area (Å²) in [5.74, 6) is 0. The zero-order valence-corrected chi connectivity index (χ0v) is 13.0. The molecule has 0 spiro atoms. The Labute approximate surface area is 133 Å². The summed E-state index contributed by atoms with van der Waals surface area (Å²) in [5.41, 5.74) is 1.44. The first-order valence-electron chi connectivity index (χ1n) is 7.38. The highest BCUT2D eigenvalue weighted by Gasteiger charge is 2.29. The number of hydrogen-bond acceptors (Lipinski definition) is 3. The van der Waals surface area contributed by atoms with Gasteiger partial charge in [-0.3, -0.25) is 0 Å². The van der Waals surface area contributed by atoms with Crippen LogP contribution in [-0.2, 0) is 6.18 Å². The molecule has 2 aromatic rings. The second-order valence-corrected chi connectivity index (χ2v) is 4.93. The van der Waals surface area contributed by atoms with Gasteiger partial charge in [0, 0.05) is 18.8 Å². The average molecular weight is 321 g/mol. The molecule has 122 valence electrons. The molecule has 6 heteroatoms. The number of rotatable bonds is 5. The van der Waals surface area contributed by atoms with Crippen LogP contribution in [0.25, 0.3) is 0 Å². The van der Waals surface area contributed by atoms with Gasteiger partial charge in [0.15, 0.2) is 0 Å². The van der Waals surface area contributed by atoms with Crippen LogP contribution < -0.4 is 4.90 Å². The largest absolute Gasteiger partial charge is 0.416 e. The van der Waals surface area contributed by atoms with Crippen LogP contribution in [0.15, 0.2) is 58.8 Å². The summed E-state index contributed by atoms with van der Waals surface area (Å²) in [7, 11) is 0. The molecule has 0 heterocycles. The summed E-state index contributed by atoms with van der Waals surface area (Å²) >= 11 is 0. The summed E-state index contributed by atoms with van der Waals surface area (Å²) in [5, 5.41) is 8.00. The van der Waals surface area contributed by atoms with E-state index in [1.54, 1.807) is 0 Å². The summed E-state index contributed by atoms with van der Waals surface area (Å²) in [6.45, 7) is 6.01. The van der Waals surface area contributed by atoms with Crippen molar-refractivity contribution in [1.29, 1.82) is 0 Å². The van der Waals surface area contributed by atoms with Crippen LogP contribution in [-0.4, -0.2) is 13.1 Å². The number of halogens is 3. The number of benzene rings is 2. The van der Waals surface area contributed by atoms with Gasteiger partial charge < -0.3 is 4.90 Å². The van der Waals surface area contributed by atoms with Gasteiger partial charge in [-0.25, -0.2) is 0 Å². The topological polar surface area (TPSA) is 28.0 Å². The highest BCUT2D eigenvalue weighted by atomic mass is 19.4. The van der Waals surface area contributed by atoms with Gasteiger partial charge in [0.1, 0.15) is 0 Å². The molecule has 0 aliphatic rings. The summed E-state index contributed by atoms with van der Waals surface area (Å²) in [4.78, 5) is 2.21. The van der Waals surface area contributed by atoms with E-state index in [1.165, 1.54) is 12.1 Å². The van der Waals surface area contributed by atoms with E-state index >= 15 is 0 Å². The Balaban J connectivity index is 2.08. The van der Waals surface area contributed by atoms with Gasteiger partial charge in [0.2, 0.25) is 0 Å². The molecule has 0 fully saturated rings. The second kappa shape index (κ2) is 7.26. The Morgan fingerprint density at radius 2 is 1.22 bits per heavy atom. The Morgan fingerprint density at radius 3 is 1.61 bits per heavy atom. The third-order valence-electron chi connectivity index (χ3n) is 3.45. The van der Waals surface area contributed by atoms with Crippen LogP contribution >= 0.6 is 0 Å². The first-order valence-corrected chi connectivity index (χ1v) is 7.38. The molecule has 0 aromatic heterocycles. The van der Waals surface area contributed by atoms with Crippen LogP contribution in [0, 0.1) is 0 Å². The Kier molecular flexibility index (Phi) is 5.36. The van der Waals surface area contributed by atoms with Crippen LogP contribution in [0.4, 0.5) is 30.2 Å². The lowest BCUT2D eigenvalue weighted by Crippen LogP contribution is -2.21. The van der Waals surface area contributed by atoms with E-state index < -0.39 is 11.7 Å². The lowest BCUT2D eigenvalue weighted by molar-refractivity contribution is -0.137. The van der Waals surface area contributed by atoms with Crippen molar-refractivity contribution >= 4 is 17.1 Å². The van der Waals surface area contributed by atoms with Crippen molar-refractivity contribution in [3.63, 3.8) is 0 Å². The summed E-state index contributed by atoms with van der Waals surface area (Å²) < 4.78 is 37.4. The number of hydrogen-bond donors (Lipinski definition) is 0. The van der Waals surface area contributed by atoms with Crippen molar-refractivity contribution in [2.75, 3.05) is 18.0 Å². The number of alkyl halides is 3. The maximum absolute atomic E-state index is 12.5. The second-order valence-electron chi connectivity index (χ2n) is 4.93. The van der Waals surface area contributed by atoms with E-state index in [0.29, 0.717) is 11.4 Å². The van der Waals surface area contributed by atoms with E-state index in [0.717, 1.165) is 30.9 Å². The van der Waals surface area contributed by atoms with Gasteiger partial charge >= 0.3 is 6.18 Å². The molecule has 0 unspecified atom stereocenters.